The molecule has 0 bridgehead atoms. The van der Waals surface area contributed by atoms with Gasteiger partial charge in [0.1, 0.15) is 0 Å². The fraction of sp³-hybridized carbons (Fsp3) is 0.667. The molecule has 114 valence electrons. The van der Waals surface area contributed by atoms with Gasteiger partial charge in [0, 0.05) is 38.2 Å². The minimum absolute atomic E-state index is 0.0967. The lowest BCUT2D eigenvalue weighted by atomic mass is 9.67. The summed E-state index contributed by atoms with van der Waals surface area (Å²) in [4.78, 5) is 26.4. The Kier molecular flexibility index (Phi) is 3.57. The van der Waals surface area contributed by atoms with Crippen molar-refractivity contribution in [2.75, 3.05) is 4.90 Å². The van der Waals surface area contributed by atoms with Gasteiger partial charge >= 0.3 is 0 Å². The van der Waals surface area contributed by atoms with Crippen LogP contribution < -0.4 is 10.6 Å². The minimum Gasteiger partial charge on any atom is -0.326 e. The van der Waals surface area contributed by atoms with E-state index in [1.165, 1.54) is 11.3 Å². The van der Waals surface area contributed by atoms with Gasteiger partial charge in [0.25, 0.3) is 0 Å². The van der Waals surface area contributed by atoms with E-state index in [-0.39, 0.29) is 23.8 Å². The Bertz CT molecular complexity index is 552. The number of aromatic nitrogens is 2. The number of piperidine rings is 1. The summed E-state index contributed by atoms with van der Waals surface area (Å²) < 4.78 is 1.60. The number of nitrogens with two attached hydrogens (primary N) is 1. The number of nitrogens with zero attached hydrogens (tertiary/aromatic N) is 3. The maximum atomic E-state index is 12.6. The van der Waals surface area contributed by atoms with Crippen LogP contribution in [0, 0.1) is 5.41 Å². The third-order valence-corrected chi connectivity index (χ3v) is 4.78. The first-order chi connectivity index (χ1) is 10.0. The van der Waals surface area contributed by atoms with E-state index in [2.05, 4.69) is 5.10 Å². The number of imide groups is 1. The van der Waals surface area contributed by atoms with E-state index in [4.69, 9.17) is 5.73 Å². The molecule has 21 heavy (non-hydrogen) atoms. The molecule has 1 aromatic heterocycles. The number of carbonyl (C=O) groups excluding carboxylic acids is 2. The van der Waals surface area contributed by atoms with Gasteiger partial charge in [0.15, 0.2) is 5.82 Å². The van der Waals surface area contributed by atoms with Crippen molar-refractivity contribution in [3.8, 4) is 0 Å². The van der Waals surface area contributed by atoms with Crippen LogP contribution in [0.3, 0.4) is 0 Å². The second-order valence-electron chi connectivity index (χ2n) is 6.39. The monoisotopic (exact) mass is 290 g/mol. The zero-order chi connectivity index (χ0) is 15.0. The van der Waals surface area contributed by atoms with Gasteiger partial charge in [-0.25, -0.2) is 4.90 Å². The predicted octanol–water partition coefficient (Wildman–Crippen LogP) is 1.48. The largest absolute Gasteiger partial charge is 0.326 e. The molecule has 0 aromatic carbocycles. The van der Waals surface area contributed by atoms with E-state index in [0.717, 1.165) is 31.2 Å². The van der Waals surface area contributed by atoms with Crippen molar-refractivity contribution >= 4 is 17.6 Å². The molecule has 6 heteroatoms. The second-order valence-corrected chi connectivity index (χ2v) is 6.39. The third kappa shape index (κ3) is 2.48. The number of hydrogen-bond donors (Lipinski definition) is 1. The molecule has 3 rings (SSSR count). The van der Waals surface area contributed by atoms with Crippen molar-refractivity contribution in [2.45, 2.75) is 51.5 Å². The quantitative estimate of drug-likeness (QED) is 0.837. The maximum absolute atomic E-state index is 12.6. The van der Waals surface area contributed by atoms with Gasteiger partial charge in [0.2, 0.25) is 11.8 Å². The molecule has 6 nitrogen and oxygen atoms in total. The number of carbonyl (C=O) groups is 2. The van der Waals surface area contributed by atoms with Crippen LogP contribution in [0.2, 0.25) is 0 Å². The lowest BCUT2D eigenvalue weighted by Crippen LogP contribution is -2.49. The number of aryl methyl sites for hydroxylation is 1. The first-order valence-corrected chi connectivity index (χ1v) is 7.63. The molecule has 1 saturated heterocycles. The smallest absolute Gasteiger partial charge is 0.235 e. The average Bonchev–Trinajstić information content (AvgIpc) is 2.79. The third-order valence-electron chi connectivity index (χ3n) is 4.78. The molecule has 0 atom stereocenters. The molecular formula is C15H22N4O2. The van der Waals surface area contributed by atoms with Gasteiger partial charge in [-0.3, -0.25) is 14.3 Å². The van der Waals surface area contributed by atoms with Crippen molar-refractivity contribution in [1.29, 1.82) is 0 Å². The summed E-state index contributed by atoms with van der Waals surface area (Å²) >= 11 is 0. The van der Waals surface area contributed by atoms with Crippen LogP contribution in [0.4, 0.5) is 5.82 Å². The lowest BCUT2D eigenvalue weighted by molar-refractivity contribution is -0.134. The van der Waals surface area contributed by atoms with E-state index in [0.29, 0.717) is 18.7 Å². The highest BCUT2D eigenvalue weighted by Gasteiger charge is 2.45. The van der Waals surface area contributed by atoms with E-state index < -0.39 is 0 Å². The molecule has 0 radical (unpaired) electrons. The molecule has 2 amide bonds. The highest BCUT2D eigenvalue weighted by molar-refractivity contribution is 6.16. The molecule has 1 aromatic rings. The minimum atomic E-state index is -0.124. The summed E-state index contributed by atoms with van der Waals surface area (Å²) in [6, 6.07) is 0. The normalized spacial score (nSPS) is 22.1. The van der Waals surface area contributed by atoms with Gasteiger partial charge in [-0.15, -0.1) is 0 Å². The van der Waals surface area contributed by atoms with Crippen molar-refractivity contribution < 1.29 is 9.59 Å². The van der Waals surface area contributed by atoms with Crippen molar-refractivity contribution in [3.05, 3.63) is 11.8 Å². The van der Waals surface area contributed by atoms with E-state index >= 15 is 0 Å². The van der Waals surface area contributed by atoms with Gasteiger partial charge in [-0.2, -0.15) is 5.10 Å². The van der Waals surface area contributed by atoms with Gasteiger partial charge in [-0.05, 0) is 18.3 Å². The molecule has 1 spiro atoms. The highest BCUT2D eigenvalue weighted by Crippen LogP contribution is 2.46. The molecule has 1 saturated carbocycles. The van der Waals surface area contributed by atoms with Crippen molar-refractivity contribution in [3.63, 3.8) is 0 Å². The molecule has 2 fully saturated rings. The van der Waals surface area contributed by atoms with Crippen LogP contribution in [0.15, 0.2) is 6.20 Å². The maximum Gasteiger partial charge on any atom is 0.235 e. The Morgan fingerprint density at radius 2 is 1.81 bits per heavy atom. The molecule has 2 heterocycles. The Hall–Kier alpha value is -1.69. The van der Waals surface area contributed by atoms with E-state index in [9.17, 15) is 9.59 Å². The van der Waals surface area contributed by atoms with Crippen molar-refractivity contribution in [2.24, 2.45) is 18.2 Å². The van der Waals surface area contributed by atoms with Crippen molar-refractivity contribution in [1.82, 2.24) is 9.78 Å². The van der Waals surface area contributed by atoms with Crippen LogP contribution >= 0.6 is 0 Å². The predicted molar refractivity (Wildman–Crippen MR) is 78.3 cm³/mol. The van der Waals surface area contributed by atoms with Crippen LogP contribution in [0.1, 0.15) is 50.5 Å². The van der Waals surface area contributed by atoms with Crippen LogP contribution in [0.25, 0.3) is 0 Å². The van der Waals surface area contributed by atoms with Gasteiger partial charge in [0.05, 0.1) is 0 Å². The van der Waals surface area contributed by atoms with Gasteiger partial charge in [-0.1, -0.05) is 19.3 Å². The molecule has 1 aliphatic carbocycles. The summed E-state index contributed by atoms with van der Waals surface area (Å²) in [6.45, 7) is 0.269. The molecule has 1 aliphatic heterocycles. The topological polar surface area (TPSA) is 81.2 Å². The molecule has 2 N–H and O–H groups in total. The highest BCUT2D eigenvalue weighted by atomic mass is 16.2. The summed E-state index contributed by atoms with van der Waals surface area (Å²) in [5.41, 5.74) is 6.33. The summed E-state index contributed by atoms with van der Waals surface area (Å²) in [6.07, 6.45) is 8.12. The zero-order valence-corrected chi connectivity index (χ0v) is 12.5. The SMILES string of the molecule is Cn1cc(CN)c(N2C(=O)CC3(CCCCC3)CC2=O)n1. The number of anilines is 1. The summed E-state index contributed by atoms with van der Waals surface area (Å²) in [5, 5.41) is 4.26. The number of hydrogen-bond acceptors (Lipinski definition) is 4. The molecule has 2 aliphatic rings. The first kappa shape index (κ1) is 14.3. The molecule has 0 unspecified atom stereocenters. The van der Waals surface area contributed by atoms with E-state index in [1.807, 2.05) is 0 Å². The molecular weight excluding hydrogens is 268 g/mol. The first-order valence-electron chi connectivity index (χ1n) is 7.63. The number of rotatable bonds is 2. The Morgan fingerprint density at radius 3 is 2.38 bits per heavy atom. The second kappa shape index (κ2) is 5.26. The number of amides is 2. The standard InChI is InChI=1S/C15H22N4O2/c1-18-10-11(9-16)14(17-18)19-12(20)7-15(8-13(19)21)5-3-2-4-6-15/h10H,2-9,16H2,1H3. The average molecular weight is 290 g/mol. The van der Waals surface area contributed by atoms with Crippen LogP contribution in [0.5, 0.6) is 0 Å². The van der Waals surface area contributed by atoms with Gasteiger partial charge < -0.3 is 5.73 Å². The Labute approximate surface area is 124 Å². The van der Waals surface area contributed by atoms with Crippen LogP contribution in [-0.2, 0) is 23.2 Å². The summed E-state index contributed by atoms with van der Waals surface area (Å²) in [5.74, 6) is 0.170. The fourth-order valence-corrected chi connectivity index (χ4v) is 3.75. The zero-order valence-electron chi connectivity index (χ0n) is 12.5. The lowest BCUT2D eigenvalue weighted by Gasteiger charge is -2.41. The Balaban J connectivity index is 1.88. The van der Waals surface area contributed by atoms with E-state index in [1.54, 1.807) is 17.9 Å². The summed E-state index contributed by atoms with van der Waals surface area (Å²) in [7, 11) is 1.77. The van der Waals surface area contributed by atoms with Crippen LogP contribution in [-0.4, -0.2) is 21.6 Å². The fourth-order valence-electron chi connectivity index (χ4n) is 3.75. The Morgan fingerprint density at radius 1 is 1.19 bits per heavy atom.